The van der Waals surface area contributed by atoms with Crippen molar-refractivity contribution in [3.63, 3.8) is 0 Å². The Kier molecular flexibility index (Phi) is 4.38. The molecule has 0 aliphatic heterocycles. The van der Waals surface area contributed by atoms with Crippen molar-refractivity contribution in [1.82, 2.24) is 9.97 Å². The molecule has 0 aromatic carbocycles. The highest BCUT2D eigenvalue weighted by Crippen LogP contribution is 2.30. The van der Waals surface area contributed by atoms with Crippen LogP contribution in [0.15, 0.2) is 43.7 Å². The van der Waals surface area contributed by atoms with E-state index in [0.29, 0.717) is 11.8 Å². The zero-order valence-corrected chi connectivity index (χ0v) is 11.8. The molecule has 0 bridgehead atoms. The Hall–Kier alpha value is -1.34. The van der Waals surface area contributed by atoms with Crippen LogP contribution >= 0.6 is 27.7 Å². The topological polar surface area (TPSA) is 65.2 Å². The van der Waals surface area contributed by atoms with Crippen LogP contribution in [0.5, 0.6) is 0 Å². The number of carbonyl (C=O) groups excluding carboxylic acids is 1. The number of hydrogen-bond acceptors (Lipinski definition) is 6. The van der Waals surface area contributed by atoms with Crippen LogP contribution in [-0.4, -0.2) is 22.5 Å². The van der Waals surface area contributed by atoms with Gasteiger partial charge in [-0.3, -0.25) is 0 Å². The minimum atomic E-state index is -0.492. The quantitative estimate of drug-likeness (QED) is 0.803. The standard InChI is InChI=1S/C11H9BrN2O3S/c1-2-16-10(15)8-6-17-11(14-8)18-9-7(12)4-3-5-13-9/h3-6H,2H2,1H3. The normalized spacial score (nSPS) is 10.3. The van der Waals surface area contributed by atoms with Gasteiger partial charge in [-0.1, -0.05) is 0 Å². The van der Waals surface area contributed by atoms with Gasteiger partial charge in [0.1, 0.15) is 11.3 Å². The Labute approximate surface area is 116 Å². The summed E-state index contributed by atoms with van der Waals surface area (Å²) in [6.45, 7) is 2.04. The Bertz CT molecular complexity index is 559. The molecule has 0 unspecified atom stereocenters. The molecule has 0 radical (unpaired) electrons. The van der Waals surface area contributed by atoms with E-state index < -0.39 is 5.97 Å². The molecule has 0 saturated carbocycles. The van der Waals surface area contributed by atoms with Gasteiger partial charge >= 0.3 is 5.97 Å². The molecule has 5 nitrogen and oxygen atoms in total. The molecule has 94 valence electrons. The lowest BCUT2D eigenvalue weighted by Crippen LogP contribution is -2.04. The predicted octanol–water partition coefficient (Wildman–Crippen LogP) is 3.16. The van der Waals surface area contributed by atoms with E-state index in [1.165, 1.54) is 18.0 Å². The van der Waals surface area contributed by atoms with Crippen molar-refractivity contribution >= 4 is 33.7 Å². The first kappa shape index (κ1) is 13.1. The molecule has 2 heterocycles. The largest absolute Gasteiger partial charge is 0.461 e. The van der Waals surface area contributed by atoms with E-state index >= 15 is 0 Å². The highest BCUT2D eigenvalue weighted by molar-refractivity contribution is 9.10. The summed E-state index contributed by atoms with van der Waals surface area (Å²) in [6, 6.07) is 3.68. The Morgan fingerprint density at radius 1 is 1.61 bits per heavy atom. The van der Waals surface area contributed by atoms with Crippen molar-refractivity contribution in [2.75, 3.05) is 6.61 Å². The Balaban J connectivity index is 2.12. The number of oxazole rings is 1. The maximum atomic E-state index is 11.4. The van der Waals surface area contributed by atoms with Gasteiger partial charge in [0.2, 0.25) is 0 Å². The molecule has 0 N–H and O–H groups in total. The van der Waals surface area contributed by atoms with Gasteiger partial charge in [-0.05, 0) is 46.7 Å². The molecule has 2 aromatic rings. The van der Waals surface area contributed by atoms with E-state index in [-0.39, 0.29) is 5.69 Å². The number of halogens is 1. The fourth-order valence-corrected chi connectivity index (χ4v) is 2.31. The first-order valence-electron chi connectivity index (χ1n) is 5.11. The van der Waals surface area contributed by atoms with Gasteiger partial charge in [0.15, 0.2) is 5.69 Å². The molecule has 7 heteroatoms. The summed E-state index contributed by atoms with van der Waals surface area (Å²) in [7, 11) is 0. The maximum absolute atomic E-state index is 11.4. The van der Waals surface area contributed by atoms with Crippen LogP contribution in [0.2, 0.25) is 0 Å². The molecule has 2 aromatic heterocycles. The fraction of sp³-hybridized carbons (Fsp3) is 0.182. The highest BCUT2D eigenvalue weighted by Gasteiger charge is 2.15. The molecule has 0 fully saturated rings. The smallest absolute Gasteiger partial charge is 0.360 e. The van der Waals surface area contributed by atoms with Crippen LogP contribution in [0.25, 0.3) is 0 Å². The monoisotopic (exact) mass is 328 g/mol. The predicted molar refractivity (Wildman–Crippen MR) is 68.5 cm³/mol. The lowest BCUT2D eigenvalue weighted by atomic mass is 10.5. The summed E-state index contributed by atoms with van der Waals surface area (Å²) >= 11 is 4.60. The van der Waals surface area contributed by atoms with E-state index in [4.69, 9.17) is 9.15 Å². The molecular weight excluding hydrogens is 320 g/mol. The average molecular weight is 329 g/mol. The third-order valence-corrected chi connectivity index (χ3v) is 3.66. The third-order valence-electron chi connectivity index (χ3n) is 1.88. The number of ether oxygens (including phenoxy) is 1. The lowest BCUT2D eigenvalue weighted by molar-refractivity contribution is 0.0519. The summed E-state index contributed by atoms with van der Waals surface area (Å²) < 4.78 is 10.8. The van der Waals surface area contributed by atoms with Gasteiger partial charge in [0.05, 0.1) is 11.1 Å². The van der Waals surface area contributed by atoms with Crippen LogP contribution in [0.3, 0.4) is 0 Å². The number of esters is 1. The van der Waals surface area contributed by atoms with Gasteiger partial charge in [-0.25, -0.2) is 9.78 Å². The van der Waals surface area contributed by atoms with Crippen molar-refractivity contribution in [2.45, 2.75) is 17.2 Å². The minimum Gasteiger partial charge on any atom is -0.461 e. The van der Waals surface area contributed by atoms with Crippen LogP contribution in [0.1, 0.15) is 17.4 Å². The Morgan fingerprint density at radius 2 is 2.44 bits per heavy atom. The molecule has 0 saturated heterocycles. The second-order valence-electron chi connectivity index (χ2n) is 3.11. The second-order valence-corrected chi connectivity index (χ2v) is 4.91. The van der Waals surface area contributed by atoms with Gasteiger partial charge in [0, 0.05) is 6.20 Å². The molecule has 0 spiro atoms. The van der Waals surface area contributed by atoms with Crippen LogP contribution in [0, 0.1) is 0 Å². The van der Waals surface area contributed by atoms with Crippen molar-refractivity contribution in [2.24, 2.45) is 0 Å². The van der Waals surface area contributed by atoms with Crippen LogP contribution in [0.4, 0.5) is 0 Å². The SMILES string of the molecule is CCOC(=O)c1coc(Sc2ncccc2Br)n1. The molecule has 0 aliphatic carbocycles. The van der Waals surface area contributed by atoms with Crippen LogP contribution in [-0.2, 0) is 4.74 Å². The van der Waals surface area contributed by atoms with E-state index in [0.717, 1.165) is 9.50 Å². The Morgan fingerprint density at radius 3 is 3.17 bits per heavy atom. The first-order valence-corrected chi connectivity index (χ1v) is 6.72. The highest BCUT2D eigenvalue weighted by atomic mass is 79.9. The molecule has 18 heavy (non-hydrogen) atoms. The molecule has 2 rings (SSSR count). The molecular formula is C11H9BrN2O3S. The van der Waals surface area contributed by atoms with Crippen molar-refractivity contribution in [1.29, 1.82) is 0 Å². The number of rotatable bonds is 4. The summed E-state index contributed by atoms with van der Waals surface area (Å²) in [4.78, 5) is 19.6. The van der Waals surface area contributed by atoms with Crippen molar-refractivity contribution < 1.29 is 13.9 Å². The summed E-state index contributed by atoms with van der Waals surface area (Å²) in [5.41, 5.74) is 0.159. The number of aromatic nitrogens is 2. The molecule has 0 aliphatic rings. The first-order chi connectivity index (χ1) is 8.70. The summed E-state index contributed by atoms with van der Waals surface area (Å²) in [5.74, 6) is -0.492. The summed E-state index contributed by atoms with van der Waals surface area (Å²) in [5, 5.41) is 1.06. The lowest BCUT2D eigenvalue weighted by Gasteiger charge is -1.98. The molecule has 0 atom stereocenters. The van der Waals surface area contributed by atoms with E-state index in [1.807, 2.05) is 12.1 Å². The van der Waals surface area contributed by atoms with Gasteiger partial charge < -0.3 is 9.15 Å². The van der Waals surface area contributed by atoms with Gasteiger partial charge in [0.25, 0.3) is 5.22 Å². The van der Waals surface area contributed by atoms with Gasteiger partial charge in [-0.2, -0.15) is 4.98 Å². The summed E-state index contributed by atoms with van der Waals surface area (Å²) in [6.07, 6.45) is 2.94. The van der Waals surface area contributed by atoms with Crippen molar-refractivity contribution in [3.8, 4) is 0 Å². The fourth-order valence-electron chi connectivity index (χ4n) is 1.13. The van der Waals surface area contributed by atoms with Crippen LogP contribution < -0.4 is 0 Å². The van der Waals surface area contributed by atoms with Gasteiger partial charge in [-0.15, -0.1) is 0 Å². The van der Waals surface area contributed by atoms with E-state index in [1.54, 1.807) is 13.1 Å². The minimum absolute atomic E-state index is 0.159. The average Bonchev–Trinajstić information content (AvgIpc) is 2.81. The van der Waals surface area contributed by atoms with E-state index in [9.17, 15) is 4.79 Å². The number of pyridine rings is 1. The second kappa shape index (κ2) is 6.01. The number of hydrogen-bond donors (Lipinski definition) is 0. The number of nitrogens with zero attached hydrogens (tertiary/aromatic N) is 2. The van der Waals surface area contributed by atoms with Crippen molar-refractivity contribution in [3.05, 3.63) is 34.8 Å². The van der Waals surface area contributed by atoms with E-state index in [2.05, 4.69) is 25.9 Å². The zero-order valence-electron chi connectivity index (χ0n) is 9.42. The maximum Gasteiger partial charge on any atom is 0.360 e. The number of carbonyl (C=O) groups is 1. The molecule has 0 amide bonds. The third kappa shape index (κ3) is 3.11. The zero-order chi connectivity index (χ0) is 13.0.